The van der Waals surface area contributed by atoms with E-state index in [1.54, 1.807) is 30.3 Å². The Kier molecular flexibility index (Phi) is 7.79. The molecular weight excluding hydrogens is 398 g/mol. The summed E-state index contributed by atoms with van der Waals surface area (Å²) in [5.41, 5.74) is -0.0948. The molecule has 3 nitrogen and oxygen atoms in total. The van der Waals surface area contributed by atoms with Crippen molar-refractivity contribution in [3.05, 3.63) is 103 Å². The van der Waals surface area contributed by atoms with Crippen molar-refractivity contribution in [3.63, 3.8) is 0 Å². The molecule has 3 rings (SSSR count). The van der Waals surface area contributed by atoms with Gasteiger partial charge >= 0.3 is 0 Å². The molecule has 3 aromatic rings. The molecule has 0 bridgehead atoms. The average molecular weight is 424 g/mol. The molecule has 1 unspecified atom stereocenters. The summed E-state index contributed by atoms with van der Waals surface area (Å²) in [7, 11) is 0. The van der Waals surface area contributed by atoms with E-state index in [9.17, 15) is 8.78 Å². The van der Waals surface area contributed by atoms with Crippen LogP contribution in [0, 0.1) is 0 Å². The topological polar surface area (TPSA) is 27.7 Å². The van der Waals surface area contributed by atoms with Gasteiger partial charge in [0, 0.05) is 0 Å². The lowest BCUT2D eigenvalue weighted by molar-refractivity contribution is -0.0128. The van der Waals surface area contributed by atoms with Gasteiger partial charge in [-0.1, -0.05) is 55.1 Å². The lowest BCUT2D eigenvalue weighted by atomic mass is 9.83. The van der Waals surface area contributed by atoms with E-state index in [1.165, 1.54) is 6.92 Å². The molecule has 162 valence electrons. The van der Waals surface area contributed by atoms with Gasteiger partial charge in [-0.3, -0.25) is 0 Å². The maximum Gasteiger partial charge on any atom is 0.250 e. The van der Waals surface area contributed by atoms with Crippen LogP contribution in [-0.2, 0) is 16.8 Å². The number of para-hydroxylation sites is 1. The van der Waals surface area contributed by atoms with Crippen LogP contribution in [0.3, 0.4) is 0 Å². The molecule has 0 N–H and O–H groups in total. The van der Waals surface area contributed by atoms with E-state index in [-0.39, 0.29) is 13.2 Å². The maximum absolute atomic E-state index is 14.0. The van der Waals surface area contributed by atoms with E-state index in [0.29, 0.717) is 23.7 Å². The van der Waals surface area contributed by atoms with E-state index < -0.39 is 11.8 Å². The van der Waals surface area contributed by atoms with Crippen LogP contribution in [0.5, 0.6) is 17.2 Å². The zero-order valence-electron chi connectivity index (χ0n) is 17.5. The number of benzene rings is 3. The van der Waals surface area contributed by atoms with Gasteiger partial charge in [0.15, 0.2) is 0 Å². The molecule has 0 radical (unpaired) electrons. The molecule has 0 aromatic heterocycles. The van der Waals surface area contributed by atoms with Gasteiger partial charge in [-0.05, 0) is 54.4 Å². The highest BCUT2D eigenvalue weighted by atomic mass is 19.3. The quantitative estimate of drug-likeness (QED) is 0.318. The minimum Gasteiger partial charge on any atom is -0.490 e. The fourth-order valence-electron chi connectivity index (χ4n) is 3.06. The van der Waals surface area contributed by atoms with Crippen molar-refractivity contribution in [1.29, 1.82) is 0 Å². The predicted octanol–water partition coefficient (Wildman–Crippen LogP) is 6.78. The van der Waals surface area contributed by atoms with Gasteiger partial charge in [0.25, 0.3) is 0 Å². The Morgan fingerprint density at radius 2 is 1.61 bits per heavy atom. The molecule has 0 fully saturated rings. The summed E-state index contributed by atoms with van der Waals surface area (Å²) in [5.74, 6) is 2.00. The molecule has 3 aromatic carbocycles. The van der Waals surface area contributed by atoms with E-state index in [4.69, 9.17) is 14.2 Å². The summed E-state index contributed by atoms with van der Waals surface area (Å²) in [6.07, 6.45) is -0.953. The van der Waals surface area contributed by atoms with Gasteiger partial charge in [0.05, 0.1) is 18.6 Å². The number of halogens is 2. The molecule has 0 heterocycles. The first-order chi connectivity index (χ1) is 15.0. The Balaban J connectivity index is 1.63. The Morgan fingerprint density at radius 1 is 0.903 bits per heavy atom. The van der Waals surface area contributed by atoms with Crippen LogP contribution < -0.4 is 9.47 Å². The summed E-state index contributed by atoms with van der Waals surface area (Å²) in [5, 5.41) is 0. The molecule has 0 saturated carbocycles. The van der Waals surface area contributed by atoms with Crippen LogP contribution >= 0.6 is 0 Å². The minimum absolute atomic E-state index is 0.124. The van der Waals surface area contributed by atoms with Crippen LogP contribution in [0.15, 0.2) is 91.5 Å². The molecule has 0 aliphatic heterocycles. The van der Waals surface area contributed by atoms with E-state index in [1.807, 2.05) is 54.6 Å². The highest BCUT2D eigenvalue weighted by molar-refractivity contribution is 5.34. The van der Waals surface area contributed by atoms with Gasteiger partial charge < -0.3 is 14.2 Å². The molecular formula is C26H26F2O3. The molecule has 1 atom stereocenters. The monoisotopic (exact) mass is 424 g/mol. The van der Waals surface area contributed by atoms with Crippen molar-refractivity contribution in [1.82, 2.24) is 0 Å². The maximum atomic E-state index is 14.0. The van der Waals surface area contributed by atoms with Crippen molar-refractivity contribution in [2.24, 2.45) is 0 Å². The van der Waals surface area contributed by atoms with Crippen molar-refractivity contribution < 1.29 is 23.0 Å². The standard InChI is InChI=1S/C26H26F2O3/c1-3-16-30-22-14-12-21(13-15-22)26(2,25(27)28)19-29-18-20-8-7-11-24(17-20)31-23-9-5-4-6-10-23/h3-15,17,25H,1,16,18-19H2,2H3. The van der Waals surface area contributed by atoms with E-state index >= 15 is 0 Å². The second-order valence-corrected chi connectivity index (χ2v) is 7.40. The summed E-state index contributed by atoms with van der Waals surface area (Å²) in [6, 6.07) is 23.5. The Morgan fingerprint density at radius 3 is 2.29 bits per heavy atom. The molecule has 0 amide bonds. The first-order valence-corrected chi connectivity index (χ1v) is 10.0. The third-order valence-electron chi connectivity index (χ3n) is 4.91. The number of hydrogen-bond donors (Lipinski definition) is 0. The Bertz CT molecular complexity index is 958. The predicted molar refractivity (Wildman–Crippen MR) is 118 cm³/mol. The Labute approximate surface area is 181 Å². The summed E-state index contributed by atoms with van der Waals surface area (Å²) >= 11 is 0. The third-order valence-corrected chi connectivity index (χ3v) is 4.91. The van der Waals surface area contributed by atoms with Gasteiger partial charge in [-0.2, -0.15) is 0 Å². The third kappa shape index (κ3) is 6.15. The molecule has 31 heavy (non-hydrogen) atoms. The average Bonchev–Trinajstić information content (AvgIpc) is 2.79. The van der Waals surface area contributed by atoms with Crippen LogP contribution in [0.1, 0.15) is 18.1 Å². The SMILES string of the molecule is C=CCOc1ccc(C(C)(COCc2cccc(Oc3ccccc3)c2)C(F)F)cc1. The summed E-state index contributed by atoms with van der Waals surface area (Å²) in [6.45, 7) is 5.54. The molecule has 0 saturated heterocycles. The number of ether oxygens (including phenoxy) is 3. The van der Waals surface area contributed by atoms with Gasteiger partial charge in [0.2, 0.25) is 6.43 Å². The fraction of sp³-hybridized carbons (Fsp3) is 0.231. The van der Waals surface area contributed by atoms with Crippen LogP contribution in [0.2, 0.25) is 0 Å². The normalized spacial score (nSPS) is 12.9. The second-order valence-electron chi connectivity index (χ2n) is 7.40. The first kappa shape index (κ1) is 22.5. The van der Waals surface area contributed by atoms with Crippen molar-refractivity contribution >= 4 is 0 Å². The van der Waals surface area contributed by atoms with Gasteiger partial charge in [0.1, 0.15) is 23.9 Å². The van der Waals surface area contributed by atoms with Crippen LogP contribution in [0.25, 0.3) is 0 Å². The van der Waals surface area contributed by atoms with E-state index in [0.717, 1.165) is 11.3 Å². The van der Waals surface area contributed by atoms with Gasteiger partial charge in [-0.25, -0.2) is 8.78 Å². The first-order valence-electron chi connectivity index (χ1n) is 10.0. The molecule has 0 spiro atoms. The fourth-order valence-corrected chi connectivity index (χ4v) is 3.06. The summed E-state index contributed by atoms with van der Waals surface area (Å²) in [4.78, 5) is 0. The number of alkyl halides is 2. The second kappa shape index (κ2) is 10.7. The lowest BCUT2D eigenvalue weighted by Crippen LogP contribution is -2.36. The van der Waals surface area contributed by atoms with Crippen LogP contribution in [-0.4, -0.2) is 19.6 Å². The zero-order chi connectivity index (χ0) is 22.1. The van der Waals surface area contributed by atoms with Crippen LogP contribution in [0.4, 0.5) is 8.78 Å². The summed E-state index contributed by atoms with van der Waals surface area (Å²) < 4.78 is 44.9. The number of hydrogen-bond acceptors (Lipinski definition) is 3. The zero-order valence-corrected chi connectivity index (χ0v) is 17.5. The minimum atomic E-state index is -2.58. The van der Waals surface area contributed by atoms with Crippen molar-refractivity contribution in [2.45, 2.75) is 25.4 Å². The highest BCUT2D eigenvalue weighted by Crippen LogP contribution is 2.33. The smallest absolute Gasteiger partial charge is 0.250 e. The highest BCUT2D eigenvalue weighted by Gasteiger charge is 2.37. The largest absolute Gasteiger partial charge is 0.490 e. The molecule has 0 aliphatic rings. The van der Waals surface area contributed by atoms with E-state index in [2.05, 4.69) is 6.58 Å². The Hall–Kier alpha value is -3.18. The van der Waals surface area contributed by atoms with Crippen molar-refractivity contribution in [2.75, 3.05) is 13.2 Å². The van der Waals surface area contributed by atoms with Crippen molar-refractivity contribution in [3.8, 4) is 17.2 Å². The molecule has 5 heteroatoms. The lowest BCUT2D eigenvalue weighted by Gasteiger charge is -2.29. The number of rotatable bonds is 11. The molecule has 0 aliphatic carbocycles. The van der Waals surface area contributed by atoms with Gasteiger partial charge in [-0.15, -0.1) is 0 Å².